The van der Waals surface area contributed by atoms with E-state index < -0.39 is 0 Å². The molecule has 4 heteroatoms. The van der Waals surface area contributed by atoms with Crippen LogP contribution in [0.25, 0.3) is 0 Å². The van der Waals surface area contributed by atoms with Gasteiger partial charge in [0.2, 0.25) is 0 Å². The summed E-state index contributed by atoms with van der Waals surface area (Å²) in [6.07, 6.45) is 3.80. The molecule has 0 radical (unpaired) electrons. The molecule has 1 unspecified atom stereocenters. The molecule has 1 heterocycles. The number of rotatable bonds is 3. The number of ether oxygens (including phenoxy) is 1. The van der Waals surface area contributed by atoms with Crippen LogP contribution in [0.1, 0.15) is 19.3 Å². The number of hydrogen-bond donors (Lipinski definition) is 1. The normalized spacial score (nSPS) is 20.8. The minimum Gasteiger partial charge on any atom is -0.490 e. The summed E-state index contributed by atoms with van der Waals surface area (Å²) in [4.78, 5) is 0. The number of halogens is 2. The molecular formula is C12H15Br2NO. The van der Waals surface area contributed by atoms with Crippen LogP contribution in [0.15, 0.2) is 27.1 Å². The Morgan fingerprint density at radius 1 is 1.25 bits per heavy atom. The van der Waals surface area contributed by atoms with E-state index in [1.165, 1.54) is 19.3 Å². The van der Waals surface area contributed by atoms with Crippen molar-refractivity contribution in [3.63, 3.8) is 0 Å². The average molecular weight is 349 g/mol. The van der Waals surface area contributed by atoms with Gasteiger partial charge in [0.1, 0.15) is 12.4 Å². The van der Waals surface area contributed by atoms with Crippen LogP contribution < -0.4 is 10.1 Å². The SMILES string of the molecule is Brc1cccc(Br)c1OCC1CCCCN1. The molecule has 88 valence electrons. The summed E-state index contributed by atoms with van der Waals surface area (Å²) >= 11 is 6.99. The summed E-state index contributed by atoms with van der Waals surface area (Å²) in [7, 11) is 0. The number of nitrogens with one attached hydrogen (secondary N) is 1. The molecule has 16 heavy (non-hydrogen) atoms. The maximum atomic E-state index is 5.85. The standard InChI is InChI=1S/C12H15Br2NO/c13-10-5-3-6-11(14)12(10)16-8-9-4-1-2-7-15-9/h3,5-6,9,15H,1-2,4,7-8H2. The minimum atomic E-state index is 0.493. The van der Waals surface area contributed by atoms with Gasteiger partial charge in [0.15, 0.2) is 0 Å². The lowest BCUT2D eigenvalue weighted by atomic mass is 10.1. The van der Waals surface area contributed by atoms with Crippen molar-refractivity contribution < 1.29 is 4.74 Å². The third-order valence-electron chi connectivity index (χ3n) is 2.76. The highest BCUT2D eigenvalue weighted by Gasteiger charge is 2.14. The van der Waals surface area contributed by atoms with E-state index in [1.807, 2.05) is 18.2 Å². The van der Waals surface area contributed by atoms with Gasteiger partial charge in [0, 0.05) is 6.04 Å². The monoisotopic (exact) mass is 347 g/mol. The largest absolute Gasteiger partial charge is 0.490 e. The quantitative estimate of drug-likeness (QED) is 0.898. The predicted molar refractivity (Wildman–Crippen MR) is 73.0 cm³/mol. The lowest BCUT2D eigenvalue weighted by Gasteiger charge is -2.24. The van der Waals surface area contributed by atoms with Crippen LogP contribution in [0.2, 0.25) is 0 Å². The highest BCUT2D eigenvalue weighted by atomic mass is 79.9. The van der Waals surface area contributed by atoms with Crippen molar-refractivity contribution in [2.75, 3.05) is 13.2 Å². The van der Waals surface area contributed by atoms with Crippen molar-refractivity contribution in [1.29, 1.82) is 0 Å². The van der Waals surface area contributed by atoms with Crippen LogP contribution in [0.5, 0.6) is 5.75 Å². The van der Waals surface area contributed by atoms with E-state index in [0.717, 1.165) is 27.8 Å². The first-order chi connectivity index (χ1) is 7.77. The Balaban J connectivity index is 1.93. The topological polar surface area (TPSA) is 21.3 Å². The van der Waals surface area contributed by atoms with E-state index in [1.54, 1.807) is 0 Å². The first-order valence-corrected chi connectivity index (χ1v) is 7.16. The third kappa shape index (κ3) is 3.22. The lowest BCUT2D eigenvalue weighted by molar-refractivity contribution is 0.237. The number of benzene rings is 1. The number of para-hydroxylation sites is 1. The maximum Gasteiger partial charge on any atom is 0.147 e. The van der Waals surface area contributed by atoms with Crippen LogP contribution >= 0.6 is 31.9 Å². The molecule has 0 bridgehead atoms. The van der Waals surface area contributed by atoms with E-state index in [2.05, 4.69) is 37.2 Å². The van der Waals surface area contributed by atoms with Crippen LogP contribution in [-0.4, -0.2) is 19.2 Å². The van der Waals surface area contributed by atoms with Crippen molar-refractivity contribution in [3.8, 4) is 5.75 Å². The summed E-state index contributed by atoms with van der Waals surface area (Å²) < 4.78 is 7.85. The molecule has 0 saturated carbocycles. The van der Waals surface area contributed by atoms with Crippen LogP contribution in [0.3, 0.4) is 0 Å². The fourth-order valence-electron chi connectivity index (χ4n) is 1.87. The van der Waals surface area contributed by atoms with Gasteiger partial charge >= 0.3 is 0 Å². The van der Waals surface area contributed by atoms with Crippen molar-refractivity contribution in [2.45, 2.75) is 25.3 Å². The second-order valence-electron chi connectivity index (χ2n) is 4.01. The summed E-state index contributed by atoms with van der Waals surface area (Å²) in [5.41, 5.74) is 0. The molecule has 1 atom stereocenters. The summed E-state index contributed by atoms with van der Waals surface area (Å²) in [6.45, 7) is 1.85. The Kier molecular flexibility index (Phi) is 4.67. The molecule has 1 aromatic carbocycles. The molecule has 1 N–H and O–H groups in total. The zero-order valence-corrected chi connectivity index (χ0v) is 12.2. The second-order valence-corrected chi connectivity index (χ2v) is 5.72. The van der Waals surface area contributed by atoms with Gasteiger partial charge in [-0.25, -0.2) is 0 Å². The Labute approximate surface area is 113 Å². The van der Waals surface area contributed by atoms with Gasteiger partial charge in [-0.3, -0.25) is 0 Å². The van der Waals surface area contributed by atoms with Crippen molar-refractivity contribution in [3.05, 3.63) is 27.1 Å². The van der Waals surface area contributed by atoms with Gasteiger partial charge in [0.05, 0.1) is 8.95 Å². The Morgan fingerprint density at radius 3 is 2.62 bits per heavy atom. The molecule has 2 nitrogen and oxygen atoms in total. The van der Waals surface area contributed by atoms with Gasteiger partial charge in [-0.2, -0.15) is 0 Å². The molecule has 0 aromatic heterocycles. The Bertz CT molecular complexity index is 331. The van der Waals surface area contributed by atoms with Gasteiger partial charge in [-0.05, 0) is 63.4 Å². The van der Waals surface area contributed by atoms with Gasteiger partial charge in [0.25, 0.3) is 0 Å². The minimum absolute atomic E-state index is 0.493. The van der Waals surface area contributed by atoms with E-state index in [4.69, 9.17) is 4.74 Å². The van der Waals surface area contributed by atoms with Gasteiger partial charge < -0.3 is 10.1 Å². The molecule has 1 saturated heterocycles. The fraction of sp³-hybridized carbons (Fsp3) is 0.500. The zero-order chi connectivity index (χ0) is 11.4. The van der Waals surface area contributed by atoms with Gasteiger partial charge in [-0.1, -0.05) is 12.5 Å². The zero-order valence-electron chi connectivity index (χ0n) is 9.01. The fourth-order valence-corrected chi connectivity index (χ4v) is 3.10. The second kappa shape index (κ2) is 6.03. The molecule has 1 aromatic rings. The van der Waals surface area contributed by atoms with Crippen LogP contribution in [0.4, 0.5) is 0 Å². The lowest BCUT2D eigenvalue weighted by Crippen LogP contribution is -2.38. The number of piperidine rings is 1. The van der Waals surface area contributed by atoms with E-state index in [-0.39, 0.29) is 0 Å². The summed E-state index contributed by atoms with van der Waals surface area (Å²) in [5, 5.41) is 3.47. The highest BCUT2D eigenvalue weighted by molar-refractivity contribution is 9.11. The van der Waals surface area contributed by atoms with Crippen LogP contribution in [0, 0.1) is 0 Å². The average Bonchev–Trinajstić information content (AvgIpc) is 2.30. The Morgan fingerprint density at radius 2 is 2.00 bits per heavy atom. The Hall–Kier alpha value is -0.0600. The molecule has 1 fully saturated rings. The van der Waals surface area contributed by atoms with Gasteiger partial charge in [-0.15, -0.1) is 0 Å². The first-order valence-electron chi connectivity index (χ1n) is 5.57. The van der Waals surface area contributed by atoms with Crippen LogP contribution in [-0.2, 0) is 0 Å². The molecule has 1 aliphatic rings. The summed E-state index contributed by atoms with van der Waals surface area (Å²) in [6, 6.07) is 6.47. The molecule has 0 aliphatic carbocycles. The molecule has 0 spiro atoms. The maximum absolute atomic E-state index is 5.85. The molecule has 1 aliphatic heterocycles. The number of hydrogen-bond acceptors (Lipinski definition) is 2. The first kappa shape index (κ1) is 12.4. The van der Waals surface area contributed by atoms with E-state index in [0.29, 0.717) is 6.04 Å². The smallest absolute Gasteiger partial charge is 0.147 e. The van der Waals surface area contributed by atoms with Crippen molar-refractivity contribution >= 4 is 31.9 Å². The predicted octanol–water partition coefficient (Wildman–Crippen LogP) is 3.73. The molecular weight excluding hydrogens is 334 g/mol. The van der Waals surface area contributed by atoms with Crippen molar-refractivity contribution in [2.24, 2.45) is 0 Å². The third-order valence-corrected chi connectivity index (χ3v) is 4.01. The molecule has 0 amide bonds. The highest BCUT2D eigenvalue weighted by Crippen LogP contribution is 2.33. The van der Waals surface area contributed by atoms with Crippen molar-refractivity contribution in [1.82, 2.24) is 5.32 Å². The molecule has 2 rings (SSSR count). The van der Waals surface area contributed by atoms with E-state index in [9.17, 15) is 0 Å². The van der Waals surface area contributed by atoms with E-state index >= 15 is 0 Å². The summed E-state index contributed by atoms with van der Waals surface area (Å²) in [5.74, 6) is 0.898.